The Balaban J connectivity index is 1.97. The van der Waals surface area contributed by atoms with Crippen LogP contribution in [0.5, 0.6) is 11.5 Å². The fourth-order valence-corrected chi connectivity index (χ4v) is 3.00. The third kappa shape index (κ3) is 4.50. The van der Waals surface area contributed by atoms with E-state index in [1.165, 1.54) is 14.2 Å². The van der Waals surface area contributed by atoms with Crippen LogP contribution in [0.2, 0.25) is 5.02 Å². The van der Waals surface area contributed by atoms with Crippen LogP contribution in [-0.2, 0) is 9.53 Å². The number of ether oxygens (including phenoxy) is 3. The number of H-pyrrole nitrogens is 1. The Kier molecular flexibility index (Phi) is 6.05. The smallest absolute Gasteiger partial charge is 0.343 e. The van der Waals surface area contributed by atoms with Crippen LogP contribution in [0.1, 0.15) is 17.0 Å². The summed E-state index contributed by atoms with van der Waals surface area (Å²) in [5, 5.41) is 9.86. The second-order valence-electron chi connectivity index (χ2n) is 6.17. The van der Waals surface area contributed by atoms with Gasteiger partial charge in [-0.05, 0) is 48.4 Å². The number of carbonyl (C=O) groups excluding carboxylic acids is 1. The van der Waals surface area contributed by atoms with Crippen LogP contribution in [-0.4, -0.2) is 36.8 Å². The van der Waals surface area contributed by atoms with E-state index in [1.54, 1.807) is 18.2 Å². The number of benzene rings is 2. The molecule has 3 rings (SSSR count). The highest BCUT2D eigenvalue weighted by Gasteiger charge is 2.15. The number of fused-ring (bicyclic) bond motifs is 1. The van der Waals surface area contributed by atoms with Crippen molar-refractivity contribution in [3.05, 3.63) is 52.3 Å². The van der Waals surface area contributed by atoms with Crippen LogP contribution in [0.25, 0.3) is 22.7 Å². The Morgan fingerprint density at radius 1 is 1.31 bits per heavy atom. The lowest BCUT2D eigenvalue weighted by molar-refractivity contribution is -0.142. The molecule has 2 aromatic carbocycles. The second kappa shape index (κ2) is 8.67. The van der Waals surface area contributed by atoms with E-state index in [2.05, 4.69) is 20.8 Å². The minimum atomic E-state index is -0.543. The fourth-order valence-electron chi connectivity index (χ4n) is 2.72. The predicted molar refractivity (Wildman–Crippen MR) is 110 cm³/mol. The van der Waals surface area contributed by atoms with Gasteiger partial charge in [0.25, 0.3) is 0 Å². The van der Waals surface area contributed by atoms with Crippen molar-refractivity contribution in [3.63, 3.8) is 0 Å². The minimum absolute atomic E-state index is 0.217. The van der Waals surface area contributed by atoms with Crippen molar-refractivity contribution in [3.8, 4) is 17.6 Å². The lowest BCUT2D eigenvalue weighted by atomic mass is 10.1. The molecule has 29 heavy (non-hydrogen) atoms. The summed E-state index contributed by atoms with van der Waals surface area (Å²) < 4.78 is 15.3. The normalized spacial score (nSPS) is 11.2. The molecule has 0 aliphatic rings. The number of esters is 1. The van der Waals surface area contributed by atoms with E-state index in [4.69, 9.17) is 21.1 Å². The van der Waals surface area contributed by atoms with E-state index >= 15 is 0 Å². The molecule has 8 heteroatoms. The van der Waals surface area contributed by atoms with Gasteiger partial charge < -0.3 is 19.2 Å². The molecule has 0 fully saturated rings. The van der Waals surface area contributed by atoms with Gasteiger partial charge in [0, 0.05) is 0 Å². The fraction of sp³-hybridized carbons (Fsp3) is 0.190. The van der Waals surface area contributed by atoms with E-state index in [9.17, 15) is 10.1 Å². The molecule has 0 saturated heterocycles. The molecule has 0 unspecified atom stereocenters. The number of imidazole rings is 1. The standard InChI is InChI=1S/C21H18ClN3O4/c1-12-4-5-16-17(6-12)25-21(24-16)14(10-23)7-13-8-15(22)20(18(9-13)27-2)29-11-19(26)28-3/h4-9H,11H2,1-3H3,(H,24,25)/b14-7-. The Morgan fingerprint density at radius 2 is 2.10 bits per heavy atom. The molecular weight excluding hydrogens is 394 g/mol. The summed E-state index contributed by atoms with van der Waals surface area (Å²) >= 11 is 6.30. The van der Waals surface area contributed by atoms with E-state index in [0.29, 0.717) is 22.7 Å². The summed E-state index contributed by atoms with van der Waals surface area (Å²) in [6, 6.07) is 11.2. The molecule has 148 valence electrons. The van der Waals surface area contributed by atoms with E-state index < -0.39 is 5.97 Å². The molecule has 0 saturated carbocycles. The highest BCUT2D eigenvalue weighted by Crippen LogP contribution is 2.37. The zero-order chi connectivity index (χ0) is 21.0. The number of aromatic amines is 1. The summed E-state index contributed by atoms with van der Waals surface area (Å²) in [6.07, 6.45) is 1.64. The van der Waals surface area contributed by atoms with Gasteiger partial charge in [-0.25, -0.2) is 9.78 Å². The van der Waals surface area contributed by atoms with Crippen LogP contribution in [0.3, 0.4) is 0 Å². The predicted octanol–water partition coefficient (Wildman–Crippen LogP) is 4.15. The van der Waals surface area contributed by atoms with Gasteiger partial charge in [-0.2, -0.15) is 5.26 Å². The van der Waals surface area contributed by atoms with Crippen molar-refractivity contribution in [1.29, 1.82) is 5.26 Å². The summed E-state index contributed by atoms with van der Waals surface area (Å²) in [5.74, 6) is 0.452. The van der Waals surface area contributed by atoms with E-state index in [1.807, 2.05) is 25.1 Å². The average Bonchev–Trinajstić information content (AvgIpc) is 3.13. The maximum Gasteiger partial charge on any atom is 0.343 e. The van der Waals surface area contributed by atoms with Gasteiger partial charge in [0.1, 0.15) is 11.9 Å². The molecule has 0 spiro atoms. The summed E-state index contributed by atoms with van der Waals surface area (Å²) in [7, 11) is 2.72. The first kappa shape index (κ1) is 20.2. The van der Waals surface area contributed by atoms with Gasteiger partial charge in [-0.1, -0.05) is 17.7 Å². The molecule has 0 aliphatic carbocycles. The van der Waals surface area contributed by atoms with Crippen molar-refractivity contribution in [1.82, 2.24) is 9.97 Å². The minimum Gasteiger partial charge on any atom is -0.493 e. The zero-order valence-electron chi connectivity index (χ0n) is 16.1. The quantitative estimate of drug-likeness (QED) is 0.483. The molecule has 1 heterocycles. The average molecular weight is 412 g/mol. The molecule has 0 amide bonds. The molecule has 0 bridgehead atoms. The Bertz CT molecular complexity index is 1140. The highest BCUT2D eigenvalue weighted by atomic mass is 35.5. The van der Waals surface area contributed by atoms with Crippen LogP contribution in [0.15, 0.2) is 30.3 Å². The first-order valence-electron chi connectivity index (χ1n) is 8.61. The van der Waals surface area contributed by atoms with Gasteiger partial charge in [0.05, 0.1) is 35.8 Å². The van der Waals surface area contributed by atoms with Crippen LogP contribution < -0.4 is 9.47 Å². The van der Waals surface area contributed by atoms with Crippen molar-refractivity contribution in [2.45, 2.75) is 6.92 Å². The lowest BCUT2D eigenvalue weighted by Crippen LogP contribution is -2.13. The molecule has 0 atom stereocenters. The SMILES string of the molecule is COC(=O)COc1c(Cl)cc(/C=C(/C#N)c2nc3ccc(C)cc3[nH]2)cc1OC. The highest BCUT2D eigenvalue weighted by molar-refractivity contribution is 6.32. The number of aromatic nitrogens is 2. The van der Waals surface area contributed by atoms with E-state index in [-0.39, 0.29) is 17.4 Å². The summed E-state index contributed by atoms with van der Waals surface area (Å²) in [6.45, 7) is 1.68. The topological polar surface area (TPSA) is 97.2 Å². The van der Waals surface area contributed by atoms with Crippen LogP contribution >= 0.6 is 11.6 Å². The summed E-state index contributed by atoms with van der Waals surface area (Å²) in [5.41, 5.74) is 3.66. The molecule has 0 radical (unpaired) electrons. The van der Waals surface area contributed by atoms with Gasteiger partial charge >= 0.3 is 5.97 Å². The van der Waals surface area contributed by atoms with Crippen molar-refractivity contribution < 1.29 is 19.0 Å². The van der Waals surface area contributed by atoms with Crippen molar-refractivity contribution in [2.24, 2.45) is 0 Å². The number of carbonyl (C=O) groups is 1. The molecule has 1 aromatic heterocycles. The van der Waals surface area contributed by atoms with Gasteiger partial charge in [-0.15, -0.1) is 0 Å². The lowest BCUT2D eigenvalue weighted by Gasteiger charge is -2.12. The number of nitrogens with one attached hydrogen (secondary N) is 1. The molecular formula is C21H18ClN3O4. The molecule has 0 aliphatic heterocycles. The van der Waals surface area contributed by atoms with Crippen LogP contribution in [0.4, 0.5) is 0 Å². The number of halogens is 1. The first-order valence-corrected chi connectivity index (χ1v) is 8.98. The maximum atomic E-state index is 11.3. The monoisotopic (exact) mass is 411 g/mol. The second-order valence-corrected chi connectivity index (χ2v) is 6.58. The Hall–Kier alpha value is -3.50. The first-order chi connectivity index (χ1) is 13.9. The van der Waals surface area contributed by atoms with Crippen molar-refractivity contribution in [2.75, 3.05) is 20.8 Å². The maximum absolute atomic E-state index is 11.3. The Labute approximate surface area is 172 Å². The Morgan fingerprint density at radius 3 is 2.79 bits per heavy atom. The number of hydrogen-bond donors (Lipinski definition) is 1. The van der Waals surface area contributed by atoms with Gasteiger partial charge in [-0.3, -0.25) is 0 Å². The summed E-state index contributed by atoms with van der Waals surface area (Å²) in [4.78, 5) is 18.9. The zero-order valence-corrected chi connectivity index (χ0v) is 16.8. The van der Waals surface area contributed by atoms with Crippen molar-refractivity contribution >= 4 is 40.3 Å². The number of aryl methyl sites for hydroxylation is 1. The van der Waals surface area contributed by atoms with Gasteiger partial charge in [0.2, 0.25) is 0 Å². The number of rotatable bonds is 6. The number of methoxy groups -OCH3 is 2. The van der Waals surface area contributed by atoms with Gasteiger partial charge in [0.15, 0.2) is 18.1 Å². The number of allylic oxidation sites excluding steroid dienone is 1. The number of nitriles is 1. The number of hydrogen-bond acceptors (Lipinski definition) is 6. The van der Waals surface area contributed by atoms with Crippen LogP contribution in [0, 0.1) is 18.3 Å². The van der Waals surface area contributed by atoms with E-state index in [0.717, 1.165) is 16.6 Å². The molecule has 7 nitrogen and oxygen atoms in total. The third-order valence-electron chi connectivity index (χ3n) is 4.14. The third-order valence-corrected chi connectivity index (χ3v) is 4.42. The largest absolute Gasteiger partial charge is 0.493 e. The molecule has 3 aromatic rings. The number of nitrogens with zero attached hydrogens (tertiary/aromatic N) is 2. The molecule has 1 N–H and O–H groups in total.